The first-order chi connectivity index (χ1) is 16.7. The molecule has 1 N–H and O–H groups in total. The van der Waals surface area contributed by atoms with E-state index in [0.29, 0.717) is 31.5 Å². The molecular weight excluding hydrogens is 475 g/mol. The van der Waals surface area contributed by atoms with Crippen LogP contribution in [0.1, 0.15) is 52.5 Å². The second kappa shape index (κ2) is 11.3. The van der Waals surface area contributed by atoms with Gasteiger partial charge >= 0.3 is 5.97 Å². The smallest absolute Gasteiger partial charge is 0.340 e. The average Bonchev–Trinajstić information content (AvgIpc) is 2.84. The van der Waals surface area contributed by atoms with Gasteiger partial charge in [-0.15, -0.1) is 0 Å². The van der Waals surface area contributed by atoms with Gasteiger partial charge in [-0.2, -0.15) is 5.26 Å². The van der Waals surface area contributed by atoms with E-state index in [-0.39, 0.29) is 35.0 Å². The minimum Gasteiger partial charge on any atom is -0.462 e. The molecule has 0 saturated carbocycles. The van der Waals surface area contributed by atoms with Crippen LogP contribution < -0.4 is 9.62 Å². The molecule has 0 bridgehead atoms. The number of sulfonamides is 1. The predicted octanol–water partition coefficient (Wildman–Crippen LogP) is 2.77. The zero-order valence-electron chi connectivity index (χ0n) is 19.6. The van der Waals surface area contributed by atoms with Gasteiger partial charge in [0.2, 0.25) is 15.9 Å². The van der Waals surface area contributed by atoms with E-state index in [1.54, 1.807) is 36.1 Å². The number of pyridine rings is 1. The summed E-state index contributed by atoms with van der Waals surface area (Å²) < 4.78 is 45.6. The number of hydrogen-bond acceptors (Lipinski definition) is 8. The van der Waals surface area contributed by atoms with Crippen molar-refractivity contribution in [2.75, 3.05) is 24.6 Å². The van der Waals surface area contributed by atoms with Gasteiger partial charge in [0.05, 0.1) is 29.2 Å². The van der Waals surface area contributed by atoms with Gasteiger partial charge in [0.15, 0.2) is 0 Å². The molecule has 1 aliphatic rings. The normalized spacial score (nSPS) is 14.3. The summed E-state index contributed by atoms with van der Waals surface area (Å²) in [6, 6.07) is 10.3. The molecule has 2 heterocycles. The molecule has 186 valence electrons. The number of carbonyl (C=O) groups excluding carboxylic acids is 2. The standard InChI is InChI=1S/C24H27FN4O5S/c1-3-34-24(31)20-12-19(14-26)22(27-21(20)13-25)29-10-8-18(9-11-29)23(30)28-35(32,33)15-17-6-4-16(2)5-7-17/h4-7,12,18H,3,8-11,13,15H2,1-2H3,(H,28,30). The van der Waals surface area contributed by atoms with Crippen LogP contribution in [0, 0.1) is 24.2 Å². The summed E-state index contributed by atoms with van der Waals surface area (Å²) in [5.41, 5.74) is 1.46. The highest BCUT2D eigenvalue weighted by Crippen LogP contribution is 2.27. The number of alkyl halides is 1. The second-order valence-electron chi connectivity index (χ2n) is 8.29. The maximum absolute atomic E-state index is 13.6. The Hall–Kier alpha value is -3.52. The topological polar surface area (TPSA) is 129 Å². The zero-order chi connectivity index (χ0) is 25.6. The van der Waals surface area contributed by atoms with Gasteiger partial charge in [0.25, 0.3) is 0 Å². The van der Waals surface area contributed by atoms with Crippen LogP contribution in [0.4, 0.5) is 10.2 Å². The third-order valence-corrected chi connectivity index (χ3v) is 6.95. The number of anilines is 1. The minimum absolute atomic E-state index is 0.0915. The first-order valence-electron chi connectivity index (χ1n) is 11.2. The summed E-state index contributed by atoms with van der Waals surface area (Å²) in [5.74, 6) is -1.94. The van der Waals surface area contributed by atoms with Gasteiger partial charge in [0, 0.05) is 19.0 Å². The van der Waals surface area contributed by atoms with Crippen molar-refractivity contribution in [3.05, 3.63) is 58.3 Å². The number of nitrogens with one attached hydrogen (secondary N) is 1. The first kappa shape index (κ1) is 26.1. The second-order valence-corrected chi connectivity index (χ2v) is 10.0. The fourth-order valence-electron chi connectivity index (χ4n) is 3.88. The molecule has 35 heavy (non-hydrogen) atoms. The number of carbonyl (C=O) groups is 2. The highest BCUT2D eigenvalue weighted by molar-refractivity contribution is 7.89. The van der Waals surface area contributed by atoms with Crippen molar-refractivity contribution >= 4 is 27.7 Å². The summed E-state index contributed by atoms with van der Waals surface area (Å²) in [6.45, 7) is 3.22. The van der Waals surface area contributed by atoms with Crippen molar-refractivity contribution in [1.82, 2.24) is 9.71 Å². The van der Waals surface area contributed by atoms with Crippen LogP contribution in [-0.4, -0.2) is 45.0 Å². The molecule has 0 spiro atoms. The monoisotopic (exact) mass is 502 g/mol. The summed E-state index contributed by atoms with van der Waals surface area (Å²) >= 11 is 0. The van der Waals surface area contributed by atoms with E-state index in [1.165, 1.54) is 6.07 Å². The van der Waals surface area contributed by atoms with Crippen molar-refractivity contribution in [3.8, 4) is 6.07 Å². The average molecular weight is 503 g/mol. The van der Waals surface area contributed by atoms with E-state index < -0.39 is 34.5 Å². The van der Waals surface area contributed by atoms with Crippen LogP contribution in [0.2, 0.25) is 0 Å². The maximum atomic E-state index is 13.6. The number of aryl methyl sites for hydroxylation is 1. The van der Waals surface area contributed by atoms with E-state index in [4.69, 9.17) is 4.74 Å². The van der Waals surface area contributed by atoms with Crippen molar-refractivity contribution in [2.24, 2.45) is 5.92 Å². The zero-order valence-corrected chi connectivity index (χ0v) is 20.4. The number of nitriles is 1. The Morgan fingerprint density at radius 1 is 1.26 bits per heavy atom. The molecule has 0 aliphatic carbocycles. The van der Waals surface area contributed by atoms with Gasteiger partial charge in [-0.05, 0) is 38.3 Å². The molecule has 1 aliphatic heterocycles. The van der Waals surface area contributed by atoms with Crippen LogP contribution in [-0.2, 0) is 32.0 Å². The maximum Gasteiger partial charge on any atom is 0.340 e. The fraction of sp³-hybridized carbons (Fsp3) is 0.417. The number of amides is 1. The molecule has 3 rings (SSSR count). The Bertz CT molecular complexity index is 1230. The number of piperidine rings is 1. The lowest BCUT2D eigenvalue weighted by Gasteiger charge is -2.32. The van der Waals surface area contributed by atoms with Crippen molar-refractivity contribution in [2.45, 2.75) is 39.1 Å². The van der Waals surface area contributed by atoms with Crippen LogP contribution in [0.25, 0.3) is 0 Å². The number of esters is 1. The van der Waals surface area contributed by atoms with Crippen molar-refractivity contribution in [1.29, 1.82) is 5.26 Å². The number of ether oxygens (including phenoxy) is 1. The Kier molecular flexibility index (Phi) is 8.40. The van der Waals surface area contributed by atoms with Crippen LogP contribution >= 0.6 is 0 Å². The number of rotatable bonds is 8. The molecule has 11 heteroatoms. The highest BCUT2D eigenvalue weighted by atomic mass is 32.2. The number of halogens is 1. The van der Waals surface area contributed by atoms with E-state index in [1.807, 2.05) is 13.0 Å². The third-order valence-electron chi connectivity index (χ3n) is 5.72. The van der Waals surface area contributed by atoms with Crippen LogP contribution in [0.5, 0.6) is 0 Å². The molecule has 0 radical (unpaired) electrons. The Morgan fingerprint density at radius 3 is 2.49 bits per heavy atom. The number of hydrogen-bond donors (Lipinski definition) is 1. The summed E-state index contributed by atoms with van der Waals surface area (Å²) in [6.07, 6.45) is 0.645. The number of aromatic nitrogens is 1. The van der Waals surface area contributed by atoms with Crippen molar-refractivity contribution in [3.63, 3.8) is 0 Å². The Labute approximate surface area is 204 Å². The van der Waals surface area contributed by atoms with Gasteiger partial charge < -0.3 is 9.64 Å². The lowest BCUT2D eigenvalue weighted by Crippen LogP contribution is -2.43. The first-order valence-corrected chi connectivity index (χ1v) is 12.8. The largest absolute Gasteiger partial charge is 0.462 e. The molecule has 1 aromatic carbocycles. The molecule has 2 aromatic rings. The lowest BCUT2D eigenvalue weighted by atomic mass is 9.96. The van der Waals surface area contributed by atoms with Crippen molar-refractivity contribution < 1.29 is 27.1 Å². The SMILES string of the molecule is CCOC(=O)c1cc(C#N)c(N2CCC(C(=O)NS(=O)(=O)Cc3ccc(C)cc3)CC2)nc1CF. The molecule has 1 aromatic heterocycles. The van der Waals surface area contributed by atoms with Crippen LogP contribution in [0.15, 0.2) is 30.3 Å². The van der Waals surface area contributed by atoms with E-state index in [0.717, 1.165) is 5.56 Å². The minimum atomic E-state index is -3.85. The van der Waals surface area contributed by atoms with Crippen LogP contribution in [0.3, 0.4) is 0 Å². The van der Waals surface area contributed by atoms with E-state index >= 15 is 0 Å². The number of nitrogens with zero attached hydrogens (tertiary/aromatic N) is 3. The molecule has 9 nitrogen and oxygen atoms in total. The third kappa shape index (κ3) is 6.54. The van der Waals surface area contributed by atoms with E-state index in [9.17, 15) is 27.7 Å². The quantitative estimate of drug-likeness (QED) is 0.546. The Balaban J connectivity index is 1.67. The molecule has 1 fully saturated rings. The molecule has 1 amide bonds. The van der Waals surface area contributed by atoms with Gasteiger partial charge in [-0.3, -0.25) is 9.52 Å². The molecule has 0 atom stereocenters. The van der Waals surface area contributed by atoms with Gasteiger partial charge in [0.1, 0.15) is 18.6 Å². The predicted molar refractivity (Wildman–Crippen MR) is 127 cm³/mol. The number of benzene rings is 1. The van der Waals surface area contributed by atoms with Gasteiger partial charge in [-0.1, -0.05) is 29.8 Å². The molecule has 1 saturated heterocycles. The molecule has 0 unspecified atom stereocenters. The Morgan fingerprint density at radius 2 is 1.91 bits per heavy atom. The fourth-order valence-corrected chi connectivity index (χ4v) is 5.06. The lowest BCUT2D eigenvalue weighted by molar-refractivity contribution is -0.123. The summed E-state index contributed by atoms with van der Waals surface area (Å²) in [7, 11) is -3.85. The highest BCUT2D eigenvalue weighted by Gasteiger charge is 2.30. The van der Waals surface area contributed by atoms with E-state index in [2.05, 4.69) is 9.71 Å². The molecular formula is C24H27FN4O5S. The summed E-state index contributed by atoms with van der Waals surface area (Å²) in [5, 5.41) is 9.56. The summed E-state index contributed by atoms with van der Waals surface area (Å²) in [4.78, 5) is 30.7. The van der Waals surface area contributed by atoms with Gasteiger partial charge in [-0.25, -0.2) is 22.6 Å².